The van der Waals surface area contributed by atoms with Crippen LogP contribution in [0.1, 0.15) is 22.8 Å². The van der Waals surface area contributed by atoms with Gasteiger partial charge in [-0.1, -0.05) is 18.2 Å². The number of hydrogen-bond acceptors (Lipinski definition) is 3. The number of rotatable bonds is 5. The molecule has 3 rings (SSSR count). The van der Waals surface area contributed by atoms with Gasteiger partial charge < -0.3 is 20.3 Å². The van der Waals surface area contributed by atoms with Gasteiger partial charge in [-0.25, -0.2) is 0 Å². The Morgan fingerprint density at radius 1 is 1.00 bits per heavy atom. The van der Waals surface area contributed by atoms with E-state index in [1.165, 1.54) is 17.4 Å². The molecule has 0 saturated carbocycles. The third-order valence-electron chi connectivity index (χ3n) is 4.31. The number of amides is 2. The van der Waals surface area contributed by atoms with Crippen LogP contribution in [0, 0.1) is 0 Å². The first kappa shape index (κ1) is 18.1. The molecule has 1 heterocycles. The van der Waals surface area contributed by atoms with Crippen molar-refractivity contribution in [3.63, 3.8) is 0 Å². The molecule has 136 valence electrons. The molecule has 0 aromatic heterocycles. The smallest absolute Gasteiger partial charge is 0.255 e. The normalized spacial score (nSPS) is 14.7. The Kier molecular flexibility index (Phi) is 5.99. The second kappa shape index (κ2) is 8.60. The molecule has 2 amide bonds. The summed E-state index contributed by atoms with van der Waals surface area (Å²) in [6.45, 7) is 6.07. The number of benzene rings is 2. The highest BCUT2D eigenvalue weighted by molar-refractivity contribution is 6.04. The second-order valence-corrected chi connectivity index (χ2v) is 6.45. The monoisotopic (exact) mass is 354 g/mol. The molecule has 6 heteroatoms. The van der Waals surface area contributed by atoms with Crippen LogP contribution in [0.4, 0.5) is 11.4 Å². The van der Waals surface area contributed by atoms with Gasteiger partial charge in [0.15, 0.2) is 0 Å². The molecule has 26 heavy (non-hydrogen) atoms. The topological polar surface area (TPSA) is 71.9 Å². The summed E-state index contributed by atoms with van der Waals surface area (Å²) in [5, 5.41) is 5.56. The minimum atomic E-state index is -0.171. The summed E-state index contributed by atoms with van der Waals surface area (Å²) in [7, 11) is 0. The number of quaternary nitrogens is 1. The summed E-state index contributed by atoms with van der Waals surface area (Å²) in [6.07, 6.45) is 0. The fourth-order valence-corrected chi connectivity index (χ4v) is 2.98. The van der Waals surface area contributed by atoms with Crippen LogP contribution in [0.2, 0.25) is 0 Å². The predicted octanol–water partition coefficient (Wildman–Crippen LogP) is 1.31. The second-order valence-electron chi connectivity index (χ2n) is 6.45. The molecular weight excluding hydrogens is 330 g/mol. The van der Waals surface area contributed by atoms with E-state index in [4.69, 9.17) is 4.74 Å². The van der Waals surface area contributed by atoms with Crippen LogP contribution >= 0.6 is 0 Å². The van der Waals surface area contributed by atoms with Crippen LogP contribution in [0.15, 0.2) is 48.5 Å². The van der Waals surface area contributed by atoms with Gasteiger partial charge in [-0.2, -0.15) is 0 Å². The van der Waals surface area contributed by atoms with Gasteiger partial charge in [0.2, 0.25) is 5.91 Å². The molecular formula is C20H24N3O3+. The van der Waals surface area contributed by atoms with Gasteiger partial charge in [0.25, 0.3) is 5.91 Å². The van der Waals surface area contributed by atoms with Crippen molar-refractivity contribution in [1.82, 2.24) is 0 Å². The fraction of sp³-hybridized carbons (Fsp3) is 0.300. The molecule has 1 aliphatic heterocycles. The van der Waals surface area contributed by atoms with E-state index in [9.17, 15) is 9.59 Å². The van der Waals surface area contributed by atoms with E-state index in [-0.39, 0.29) is 11.8 Å². The van der Waals surface area contributed by atoms with Crippen LogP contribution in [-0.4, -0.2) is 38.1 Å². The van der Waals surface area contributed by atoms with Gasteiger partial charge in [-0.15, -0.1) is 0 Å². The Hall–Kier alpha value is -2.70. The van der Waals surface area contributed by atoms with E-state index in [0.29, 0.717) is 16.9 Å². The first-order valence-electron chi connectivity index (χ1n) is 8.79. The van der Waals surface area contributed by atoms with E-state index in [1.54, 1.807) is 24.3 Å². The fourth-order valence-electron chi connectivity index (χ4n) is 2.98. The van der Waals surface area contributed by atoms with E-state index in [0.717, 1.165) is 32.8 Å². The zero-order chi connectivity index (χ0) is 18.4. The lowest BCUT2D eigenvalue weighted by atomic mass is 10.1. The van der Waals surface area contributed by atoms with Gasteiger partial charge in [-0.05, 0) is 30.3 Å². The molecule has 0 radical (unpaired) electrons. The lowest BCUT2D eigenvalue weighted by Crippen LogP contribution is -3.12. The number of carbonyl (C=O) groups is 2. The summed E-state index contributed by atoms with van der Waals surface area (Å²) >= 11 is 0. The summed E-state index contributed by atoms with van der Waals surface area (Å²) < 4.78 is 5.38. The highest BCUT2D eigenvalue weighted by Crippen LogP contribution is 2.16. The third kappa shape index (κ3) is 5.15. The van der Waals surface area contributed by atoms with E-state index >= 15 is 0 Å². The van der Waals surface area contributed by atoms with Crippen molar-refractivity contribution < 1.29 is 19.2 Å². The van der Waals surface area contributed by atoms with E-state index in [2.05, 4.69) is 10.6 Å². The number of hydrogen-bond donors (Lipinski definition) is 3. The Morgan fingerprint density at radius 3 is 2.31 bits per heavy atom. The van der Waals surface area contributed by atoms with Crippen molar-refractivity contribution >= 4 is 23.2 Å². The Morgan fingerprint density at radius 2 is 1.65 bits per heavy atom. The van der Waals surface area contributed by atoms with Crippen LogP contribution in [0.5, 0.6) is 0 Å². The number of nitrogens with one attached hydrogen (secondary N) is 3. The van der Waals surface area contributed by atoms with Crippen molar-refractivity contribution in [1.29, 1.82) is 0 Å². The summed E-state index contributed by atoms with van der Waals surface area (Å²) in [4.78, 5) is 25.1. The average Bonchev–Trinajstić information content (AvgIpc) is 2.63. The Labute approximate surface area is 153 Å². The van der Waals surface area contributed by atoms with Crippen LogP contribution in [0.25, 0.3) is 0 Å². The van der Waals surface area contributed by atoms with Gasteiger partial charge in [-0.3, -0.25) is 9.59 Å². The van der Waals surface area contributed by atoms with Crippen molar-refractivity contribution in [3.05, 3.63) is 59.7 Å². The maximum Gasteiger partial charge on any atom is 0.255 e. The van der Waals surface area contributed by atoms with Crippen molar-refractivity contribution in [2.45, 2.75) is 13.5 Å². The molecule has 0 spiro atoms. The molecule has 0 unspecified atom stereocenters. The average molecular weight is 354 g/mol. The predicted molar refractivity (Wildman–Crippen MR) is 100 cm³/mol. The van der Waals surface area contributed by atoms with Gasteiger partial charge in [0.1, 0.15) is 19.6 Å². The number of carbonyl (C=O) groups excluding carboxylic acids is 2. The number of morpholine rings is 1. The first-order chi connectivity index (χ1) is 12.6. The number of ether oxygens (including phenoxy) is 1. The van der Waals surface area contributed by atoms with Crippen molar-refractivity contribution in [3.8, 4) is 0 Å². The molecule has 6 nitrogen and oxygen atoms in total. The molecule has 3 N–H and O–H groups in total. The lowest BCUT2D eigenvalue weighted by Gasteiger charge is -2.23. The van der Waals surface area contributed by atoms with Gasteiger partial charge in [0, 0.05) is 29.4 Å². The first-order valence-corrected chi connectivity index (χ1v) is 8.79. The molecule has 1 saturated heterocycles. The molecule has 2 aromatic rings. The molecule has 2 aromatic carbocycles. The van der Waals surface area contributed by atoms with Crippen LogP contribution in [-0.2, 0) is 16.1 Å². The largest absolute Gasteiger partial charge is 0.370 e. The van der Waals surface area contributed by atoms with Gasteiger partial charge >= 0.3 is 0 Å². The molecule has 0 atom stereocenters. The molecule has 0 aliphatic carbocycles. The highest BCUT2D eigenvalue weighted by Gasteiger charge is 2.14. The van der Waals surface area contributed by atoms with Crippen LogP contribution < -0.4 is 15.5 Å². The maximum absolute atomic E-state index is 12.4. The number of anilines is 2. The summed E-state index contributed by atoms with van der Waals surface area (Å²) in [5.74, 6) is -0.318. The Bertz CT molecular complexity index is 768. The summed E-state index contributed by atoms with van der Waals surface area (Å²) in [5.41, 5.74) is 3.11. The van der Waals surface area contributed by atoms with Crippen LogP contribution in [0.3, 0.4) is 0 Å². The summed E-state index contributed by atoms with van der Waals surface area (Å²) in [6, 6.07) is 14.8. The molecule has 1 fully saturated rings. The minimum absolute atomic E-state index is 0.147. The minimum Gasteiger partial charge on any atom is -0.370 e. The lowest BCUT2D eigenvalue weighted by molar-refractivity contribution is -0.921. The standard InChI is InChI=1S/C20H23N3O3/c1-15(24)21-18-3-2-4-19(13-18)22-20(25)17-7-5-16(6-8-17)14-23-9-11-26-12-10-23/h2-8,13H,9-12,14H2,1H3,(H,21,24)(H,22,25)/p+1. The zero-order valence-electron chi connectivity index (χ0n) is 14.9. The van der Waals surface area contributed by atoms with Crippen molar-refractivity contribution in [2.75, 3.05) is 36.9 Å². The Balaban J connectivity index is 1.60. The highest BCUT2D eigenvalue weighted by atomic mass is 16.5. The van der Waals surface area contributed by atoms with E-state index < -0.39 is 0 Å². The zero-order valence-corrected chi connectivity index (χ0v) is 14.9. The SMILES string of the molecule is CC(=O)Nc1cccc(NC(=O)c2ccc(C[NH+]3CCOCC3)cc2)c1. The van der Waals surface area contributed by atoms with Gasteiger partial charge in [0.05, 0.1) is 13.2 Å². The maximum atomic E-state index is 12.4. The third-order valence-corrected chi connectivity index (χ3v) is 4.31. The quantitative estimate of drug-likeness (QED) is 0.758. The van der Waals surface area contributed by atoms with Crippen molar-refractivity contribution in [2.24, 2.45) is 0 Å². The molecule has 0 bridgehead atoms. The van der Waals surface area contributed by atoms with E-state index in [1.807, 2.05) is 24.3 Å². The molecule has 1 aliphatic rings.